The molecule has 0 saturated heterocycles. The van der Waals surface area contributed by atoms with Crippen molar-refractivity contribution >= 4 is 23.2 Å². The van der Waals surface area contributed by atoms with Crippen LogP contribution in [0.1, 0.15) is 18.4 Å². The normalized spacial score (nSPS) is 13.9. The molecule has 0 aliphatic carbocycles. The van der Waals surface area contributed by atoms with Gasteiger partial charge in [0.2, 0.25) is 5.91 Å². The van der Waals surface area contributed by atoms with E-state index in [4.69, 9.17) is 0 Å². The highest BCUT2D eigenvalue weighted by atomic mass is 19.1. The number of halogens is 1. The molecular formula is C21H23FN4O2. The summed E-state index contributed by atoms with van der Waals surface area (Å²) in [5, 5.41) is 8.36. The van der Waals surface area contributed by atoms with E-state index in [-0.39, 0.29) is 30.6 Å². The number of para-hydroxylation sites is 1. The van der Waals surface area contributed by atoms with Gasteiger partial charge in [0, 0.05) is 38.7 Å². The summed E-state index contributed by atoms with van der Waals surface area (Å²) in [6.45, 7) is 1.34. The Morgan fingerprint density at radius 3 is 2.57 bits per heavy atom. The number of rotatable bonds is 7. The Labute approximate surface area is 163 Å². The number of hydrazone groups is 1. The predicted molar refractivity (Wildman–Crippen MR) is 106 cm³/mol. The molecule has 0 radical (unpaired) electrons. The number of carbonyl (C=O) groups is 2. The molecule has 3 rings (SSSR count). The third kappa shape index (κ3) is 5.16. The van der Waals surface area contributed by atoms with Crippen LogP contribution in [0.3, 0.4) is 0 Å². The molecule has 1 aliphatic rings. The van der Waals surface area contributed by atoms with Crippen LogP contribution < -0.4 is 10.2 Å². The van der Waals surface area contributed by atoms with Crippen LogP contribution in [0.25, 0.3) is 0 Å². The molecule has 7 heteroatoms. The van der Waals surface area contributed by atoms with E-state index in [0.717, 1.165) is 11.3 Å². The highest BCUT2D eigenvalue weighted by Crippen LogP contribution is 2.14. The molecule has 6 nitrogen and oxygen atoms in total. The van der Waals surface area contributed by atoms with Gasteiger partial charge in [-0.1, -0.05) is 30.3 Å². The number of nitrogens with zero attached hydrogens (tertiary/aromatic N) is 3. The summed E-state index contributed by atoms with van der Waals surface area (Å²) in [5.41, 5.74) is 2.16. The third-order valence-corrected chi connectivity index (χ3v) is 4.54. The number of likely N-dealkylation sites (N-methyl/N-ethyl adjacent to an activating group) is 1. The highest BCUT2D eigenvalue weighted by molar-refractivity contribution is 6.39. The molecule has 0 bridgehead atoms. The van der Waals surface area contributed by atoms with Gasteiger partial charge in [-0.2, -0.15) is 5.10 Å². The molecule has 0 fully saturated rings. The van der Waals surface area contributed by atoms with Gasteiger partial charge >= 0.3 is 0 Å². The quantitative estimate of drug-likeness (QED) is 0.800. The van der Waals surface area contributed by atoms with Crippen LogP contribution in [0.5, 0.6) is 0 Å². The van der Waals surface area contributed by atoms with Gasteiger partial charge in [0.05, 0.1) is 6.54 Å². The Morgan fingerprint density at radius 2 is 1.86 bits per heavy atom. The summed E-state index contributed by atoms with van der Waals surface area (Å²) >= 11 is 0. The highest BCUT2D eigenvalue weighted by Gasteiger charge is 2.24. The standard InChI is InChI=1S/C21H23FN4O2/c1-25(18-5-3-2-4-6-18)14-13-23-21(28)19-11-12-20(27)26(24-19)15-16-7-9-17(22)10-8-16/h2-10H,11-15H2,1H3,(H,23,28). The van der Waals surface area contributed by atoms with Crippen molar-refractivity contribution in [3.63, 3.8) is 0 Å². The van der Waals surface area contributed by atoms with E-state index in [1.165, 1.54) is 17.1 Å². The van der Waals surface area contributed by atoms with Gasteiger partial charge in [0.25, 0.3) is 5.91 Å². The van der Waals surface area contributed by atoms with E-state index in [0.29, 0.717) is 25.2 Å². The van der Waals surface area contributed by atoms with Crippen LogP contribution in [0.4, 0.5) is 10.1 Å². The minimum absolute atomic E-state index is 0.148. The minimum atomic E-state index is -0.335. The summed E-state index contributed by atoms with van der Waals surface area (Å²) in [4.78, 5) is 26.6. The second-order valence-corrected chi connectivity index (χ2v) is 6.64. The lowest BCUT2D eigenvalue weighted by atomic mass is 10.1. The second kappa shape index (κ2) is 9.12. The first-order chi connectivity index (χ1) is 13.5. The average Bonchev–Trinajstić information content (AvgIpc) is 2.71. The van der Waals surface area contributed by atoms with Gasteiger partial charge in [-0.25, -0.2) is 9.40 Å². The second-order valence-electron chi connectivity index (χ2n) is 6.64. The van der Waals surface area contributed by atoms with Crippen molar-refractivity contribution < 1.29 is 14.0 Å². The Bertz CT molecular complexity index is 852. The molecule has 28 heavy (non-hydrogen) atoms. The van der Waals surface area contributed by atoms with Crippen molar-refractivity contribution in [2.24, 2.45) is 5.10 Å². The molecule has 0 atom stereocenters. The summed E-state index contributed by atoms with van der Waals surface area (Å²) in [6, 6.07) is 15.8. The first-order valence-electron chi connectivity index (χ1n) is 9.19. The first-order valence-corrected chi connectivity index (χ1v) is 9.19. The molecule has 0 unspecified atom stereocenters. The molecule has 1 heterocycles. The number of hydrogen-bond donors (Lipinski definition) is 1. The summed E-state index contributed by atoms with van der Waals surface area (Å²) in [5.74, 6) is -0.750. The van der Waals surface area contributed by atoms with Gasteiger partial charge in [0.15, 0.2) is 0 Å². The monoisotopic (exact) mass is 382 g/mol. The van der Waals surface area contributed by atoms with Gasteiger partial charge in [0.1, 0.15) is 11.5 Å². The smallest absolute Gasteiger partial charge is 0.267 e. The van der Waals surface area contributed by atoms with Crippen LogP contribution in [-0.4, -0.2) is 42.7 Å². The number of carbonyl (C=O) groups excluding carboxylic acids is 2. The van der Waals surface area contributed by atoms with E-state index < -0.39 is 0 Å². The lowest BCUT2D eigenvalue weighted by Gasteiger charge is -2.24. The zero-order valence-corrected chi connectivity index (χ0v) is 15.8. The fourth-order valence-electron chi connectivity index (χ4n) is 2.90. The Balaban J connectivity index is 1.55. The summed E-state index contributed by atoms with van der Waals surface area (Å²) in [6.07, 6.45) is 0.552. The van der Waals surface area contributed by atoms with Crippen LogP contribution in [0.2, 0.25) is 0 Å². The Kier molecular flexibility index (Phi) is 6.37. The van der Waals surface area contributed by atoms with E-state index in [1.807, 2.05) is 42.3 Å². The molecule has 2 amide bonds. The molecule has 146 valence electrons. The van der Waals surface area contributed by atoms with Crippen molar-refractivity contribution in [3.8, 4) is 0 Å². The molecule has 0 saturated carbocycles. The van der Waals surface area contributed by atoms with E-state index in [1.54, 1.807) is 12.1 Å². The lowest BCUT2D eigenvalue weighted by molar-refractivity contribution is -0.132. The largest absolute Gasteiger partial charge is 0.373 e. The van der Waals surface area contributed by atoms with Gasteiger partial charge in [-0.3, -0.25) is 9.59 Å². The fraction of sp³-hybridized carbons (Fsp3) is 0.286. The number of amides is 2. The fourth-order valence-corrected chi connectivity index (χ4v) is 2.90. The molecule has 1 aliphatic heterocycles. The number of benzene rings is 2. The SMILES string of the molecule is CN(CCNC(=O)C1=NN(Cc2ccc(F)cc2)C(=O)CC1)c1ccccc1. The van der Waals surface area contributed by atoms with Crippen LogP contribution in [-0.2, 0) is 16.1 Å². The summed E-state index contributed by atoms with van der Waals surface area (Å²) < 4.78 is 13.0. The zero-order valence-electron chi connectivity index (χ0n) is 15.8. The topological polar surface area (TPSA) is 65.0 Å². The van der Waals surface area contributed by atoms with Crippen molar-refractivity contribution in [1.82, 2.24) is 10.3 Å². The number of anilines is 1. The van der Waals surface area contributed by atoms with Gasteiger partial charge < -0.3 is 10.2 Å². The van der Waals surface area contributed by atoms with E-state index in [9.17, 15) is 14.0 Å². The molecule has 1 N–H and O–H groups in total. The van der Waals surface area contributed by atoms with Crippen LogP contribution in [0.15, 0.2) is 59.7 Å². The van der Waals surface area contributed by atoms with Crippen molar-refractivity contribution in [3.05, 3.63) is 66.0 Å². The number of hydrogen-bond acceptors (Lipinski definition) is 4. The zero-order chi connectivity index (χ0) is 19.9. The number of nitrogens with one attached hydrogen (secondary N) is 1. The molecule has 0 aromatic heterocycles. The maximum absolute atomic E-state index is 13.0. The molecule has 0 spiro atoms. The Morgan fingerprint density at radius 1 is 1.14 bits per heavy atom. The van der Waals surface area contributed by atoms with Crippen molar-refractivity contribution in [2.45, 2.75) is 19.4 Å². The minimum Gasteiger partial charge on any atom is -0.373 e. The van der Waals surface area contributed by atoms with Crippen molar-refractivity contribution in [1.29, 1.82) is 0 Å². The first kappa shape index (κ1) is 19.5. The van der Waals surface area contributed by atoms with Crippen LogP contribution >= 0.6 is 0 Å². The van der Waals surface area contributed by atoms with E-state index >= 15 is 0 Å². The molecular weight excluding hydrogens is 359 g/mol. The van der Waals surface area contributed by atoms with Gasteiger partial charge in [-0.15, -0.1) is 0 Å². The molecule has 2 aromatic rings. The molecule has 2 aromatic carbocycles. The van der Waals surface area contributed by atoms with Gasteiger partial charge in [-0.05, 0) is 29.8 Å². The van der Waals surface area contributed by atoms with Crippen LogP contribution in [0, 0.1) is 5.82 Å². The average molecular weight is 382 g/mol. The predicted octanol–water partition coefficient (Wildman–Crippen LogP) is 2.56. The third-order valence-electron chi connectivity index (χ3n) is 4.54. The van der Waals surface area contributed by atoms with Crippen molar-refractivity contribution in [2.75, 3.05) is 25.0 Å². The Hall–Kier alpha value is -3.22. The van der Waals surface area contributed by atoms with E-state index in [2.05, 4.69) is 10.4 Å². The summed E-state index contributed by atoms with van der Waals surface area (Å²) in [7, 11) is 1.96. The maximum atomic E-state index is 13.0. The maximum Gasteiger partial charge on any atom is 0.267 e. The lowest BCUT2D eigenvalue weighted by Crippen LogP contribution is -2.41.